The number of carbonyl (C=O) groups excluding carboxylic acids is 1. The topological polar surface area (TPSA) is 26.3 Å². The Hall–Kier alpha value is -0.610. The van der Waals surface area contributed by atoms with E-state index >= 15 is 0 Å². The minimum Gasteiger partial charge on any atom is -0.465 e. The summed E-state index contributed by atoms with van der Waals surface area (Å²) in [6.45, 7) is 0. The van der Waals surface area contributed by atoms with Crippen molar-refractivity contribution in [1.29, 1.82) is 0 Å². The maximum atomic E-state index is 13.0. The fraction of sp³-hybridized carbons (Fsp3) is 0.222. The molecule has 0 N–H and O–H groups in total. The highest BCUT2D eigenvalue weighted by Gasteiger charge is 2.15. The van der Waals surface area contributed by atoms with Gasteiger partial charge in [0.1, 0.15) is 5.82 Å². The van der Waals surface area contributed by atoms with Crippen LogP contribution in [0.4, 0.5) is 4.39 Å². The first-order chi connectivity index (χ1) is 6.60. The van der Waals surface area contributed by atoms with Crippen LogP contribution in [0.5, 0.6) is 0 Å². The van der Waals surface area contributed by atoms with E-state index in [0.717, 1.165) is 6.07 Å². The zero-order chi connectivity index (χ0) is 10.7. The van der Waals surface area contributed by atoms with Crippen LogP contribution in [0, 0.1) is 5.82 Å². The third-order valence-electron chi connectivity index (χ3n) is 1.66. The van der Waals surface area contributed by atoms with Crippen LogP contribution in [0.1, 0.15) is 15.9 Å². The molecule has 0 fully saturated rings. The highest BCUT2D eigenvalue weighted by molar-refractivity contribution is 9.08. The Morgan fingerprint density at radius 2 is 2.29 bits per heavy atom. The van der Waals surface area contributed by atoms with Crippen LogP contribution >= 0.6 is 27.5 Å². The second-order valence-corrected chi connectivity index (χ2v) is 3.49. The van der Waals surface area contributed by atoms with Crippen molar-refractivity contribution in [2.45, 2.75) is 5.33 Å². The van der Waals surface area contributed by atoms with Crippen molar-refractivity contribution in [3.05, 3.63) is 34.1 Å². The summed E-state index contributed by atoms with van der Waals surface area (Å²) in [7, 11) is 1.22. The minimum atomic E-state index is -0.642. The largest absolute Gasteiger partial charge is 0.465 e. The van der Waals surface area contributed by atoms with Crippen molar-refractivity contribution in [1.82, 2.24) is 0 Å². The quantitative estimate of drug-likeness (QED) is 0.615. The lowest BCUT2D eigenvalue weighted by Crippen LogP contribution is -2.04. The first-order valence-corrected chi connectivity index (χ1v) is 5.22. The average Bonchev–Trinajstić information content (AvgIpc) is 2.19. The smallest absolute Gasteiger partial charge is 0.339 e. The molecular weight excluding hydrogens is 274 g/mol. The number of rotatable bonds is 2. The lowest BCUT2D eigenvalue weighted by Gasteiger charge is -2.06. The summed E-state index contributed by atoms with van der Waals surface area (Å²) in [5, 5.41) is 0.600. The van der Waals surface area contributed by atoms with E-state index in [-0.39, 0.29) is 10.6 Å². The van der Waals surface area contributed by atoms with Crippen molar-refractivity contribution >= 4 is 33.5 Å². The maximum Gasteiger partial charge on any atom is 0.339 e. The fourth-order valence-corrected chi connectivity index (χ4v) is 1.86. The second-order valence-electron chi connectivity index (χ2n) is 2.55. The van der Waals surface area contributed by atoms with Gasteiger partial charge in [-0.1, -0.05) is 27.5 Å². The highest BCUT2D eigenvalue weighted by atomic mass is 79.9. The molecule has 0 aliphatic carbocycles. The van der Waals surface area contributed by atoms with Crippen molar-refractivity contribution in [3.8, 4) is 0 Å². The molecule has 0 amide bonds. The van der Waals surface area contributed by atoms with Crippen LogP contribution in [-0.2, 0) is 10.1 Å². The Kier molecular flexibility index (Phi) is 3.89. The lowest BCUT2D eigenvalue weighted by atomic mass is 10.1. The zero-order valence-electron chi connectivity index (χ0n) is 7.31. The van der Waals surface area contributed by atoms with Crippen LogP contribution in [0.25, 0.3) is 0 Å². The molecule has 0 bridgehead atoms. The summed E-state index contributed by atoms with van der Waals surface area (Å²) in [4.78, 5) is 11.2. The van der Waals surface area contributed by atoms with Gasteiger partial charge in [0.2, 0.25) is 0 Å². The molecule has 1 aromatic rings. The van der Waals surface area contributed by atoms with Crippen LogP contribution in [-0.4, -0.2) is 13.1 Å². The van der Waals surface area contributed by atoms with Gasteiger partial charge in [-0.2, -0.15) is 0 Å². The van der Waals surface area contributed by atoms with Gasteiger partial charge in [-0.05, 0) is 17.7 Å². The molecule has 1 rings (SSSR count). The molecule has 76 valence electrons. The predicted octanol–water partition coefficient (Wildman–Crippen LogP) is 3.16. The van der Waals surface area contributed by atoms with Crippen molar-refractivity contribution in [3.63, 3.8) is 0 Å². The Balaban J connectivity index is 3.29. The molecule has 0 saturated carbocycles. The summed E-state index contributed by atoms with van der Waals surface area (Å²) < 4.78 is 17.5. The molecule has 0 aromatic heterocycles. The summed E-state index contributed by atoms with van der Waals surface area (Å²) in [6.07, 6.45) is 0. The molecular formula is C9H7BrClFO2. The number of hydrogen-bond donors (Lipinski definition) is 0. The number of halogens is 3. The molecule has 0 aliphatic heterocycles. The van der Waals surface area contributed by atoms with E-state index in [9.17, 15) is 9.18 Å². The average molecular weight is 282 g/mol. The van der Waals surface area contributed by atoms with Crippen molar-refractivity contribution in [2.75, 3.05) is 7.11 Å². The minimum absolute atomic E-state index is 0.0450. The molecule has 0 spiro atoms. The van der Waals surface area contributed by atoms with Gasteiger partial charge in [0.05, 0.1) is 17.7 Å². The number of ether oxygens (including phenoxy) is 1. The maximum absolute atomic E-state index is 13.0. The molecule has 0 aliphatic rings. The SMILES string of the molecule is COC(=O)c1cc(F)cc(CBr)c1Cl. The normalized spacial score (nSPS) is 10.0. The Morgan fingerprint density at radius 3 is 2.79 bits per heavy atom. The van der Waals surface area contributed by atoms with E-state index in [0.29, 0.717) is 10.9 Å². The molecule has 1 aromatic carbocycles. The van der Waals surface area contributed by atoms with Gasteiger partial charge >= 0.3 is 5.97 Å². The monoisotopic (exact) mass is 280 g/mol. The van der Waals surface area contributed by atoms with Gasteiger partial charge in [-0.15, -0.1) is 0 Å². The van der Waals surface area contributed by atoms with Gasteiger partial charge in [-0.3, -0.25) is 0 Å². The van der Waals surface area contributed by atoms with Crippen LogP contribution in [0.3, 0.4) is 0 Å². The van der Waals surface area contributed by atoms with Crippen LogP contribution in [0.15, 0.2) is 12.1 Å². The van der Waals surface area contributed by atoms with Gasteiger partial charge in [-0.25, -0.2) is 9.18 Å². The number of alkyl halides is 1. The first kappa shape index (κ1) is 11.5. The number of benzene rings is 1. The van der Waals surface area contributed by atoms with E-state index < -0.39 is 11.8 Å². The summed E-state index contributed by atoms with van der Waals surface area (Å²) >= 11 is 9.00. The third kappa shape index (κ3) is 2.25. The fourth-order valence-electron chi connectivity index (χ4n) is 1.00. The van der Waals surface area contributed by atoms with Crippen LogP contribution < -0.4 is 0 Å². The Morgan fingerprint density at radius 1 is 1.64 bits per heavy atom. The number of hydrogen-bond acceptors (Lipinski definition) is 2. The molecule has 5 heteroatoms. The number of carbonyl (C=O) groups is 1. The summed E-state index contributed by atoms with van der Waals surface area (Å²) in [5.41, 5.74) is 0.565. The van der Waals surface area contributed by atoms with E-state index in [1.54, 1.807) is 0 Å². The number of methoxy groups -OCH3 is 1. The zero-order valence-corrected chi connectivity index (χ0v) is 9.65. The molecule has 0 saturated heterocycles. The van der Waals surface area contributed by atoms with E-state index in [1.807, 2.05) is 0 Å². The van der Waals surface area contributed by atoms with Gasteiger partial charge < -0.3 is 4.74 Å². The molecule has 2 nitrogen and oxygen atoms in total. The second kappa shape index (κ2) is 4.75. The van der Waals surface area contributed by atoms with Gasteiger partial charge in [0.25, 0.3) is 0 Å². The summed E-state index contributed by atoms with van der Waals surface area (Å²) in [6, 6.07) is 2.32. The molecule has 14 heavy (non-hydrogen) atoms. The van der Waals surface area contributed by atoms with E-state index in [2.05, 4.69) is 20.7 Å². The van der Waals surface area contributed by atoms with E-state index in [1.165, 1.54) is 13.2 Å². The molecule has 0 unspecified atom stereocenters. The van der Waals surface area contributed by atoms with E-state index in [4.69, 9.17) is 11.6 Å². The predicted molar refractivity (Wildman–Crippen MR) is 55.4 cm³/mol. The third-order valence-corrected chi connectivity index (χ3v) is 2.71. The Labute approximate surface area is 94.1 Å². The molecule has 0 atom stereocenters. The Bertz CT molecular complexity index is 368. The van der Waals surface area contributed by atoms with Crippen LogP contribution in [0.2, 0.25) is 5.02 Å². The lowest BCUT2D eigenvalue weighted by molar-refractivity contribution is 0.0600. The first-order valence-electron chi connectivity index (χ1n) is 3.72. The molecule has 0 heterocycles. The standard InChI is InChI=1S/C9H7BrClFO2/c1-14-9(13)7-3-6(12)2-5(4-10)8(7)11/h2-3H,4H2,1H3. The number of esters is 1. The summed E-state index contributed by atoms with van der Waals surface area (Å²) in [5.74, 6) is -1.15. The van der Waals surface area contributed by atoms with Crippen molar-refractivity contribution < 1.29 is 13.9 Å². The van der Waals surface area contributed by atoms with Crippen molar-refractivity contribution in [2.24, 2.45) is 0 Å². The van der Waals surface area contributed by atoms with Gasteiger partial charge in [0.15, 0.2) is 0 Å². The van der Waals surface area contributed by atoms with Gasteiger partial charge in [0, 0.05) is 5.33 Å². The highest BCUT2D eigenvalue weighted by Crippen LogP contribution is 2.25. The molecule has 0 radical (unpaired) electrons.